The first-order chi connectivity index (χ1) is 15.3. The van der Waals surface area contributed by atoms with E-state index in [4.69, 9.17) is 4.74 Å². The number of Topliss-reactive ketones (excluding diaryl/α,β-unsaturated/α-hetero) is 1. The molecule has 0 unspecified atom stereocenters. The zero-order valence-corrected chi connectivity index (χ0v) is 18.4. The van der Waals surface area contributed by atoms with Crippen molar-refractivity contribution in [2.45, 2.75) is 38.3 Å². The topological polar surface area (TPSA) is 61.9 Å². The molecule has 0 aliphatic carbocycles. The van der Waals surface area contributed by atoms with Gasteiger partial charge in [-0.1, -0.05) is 12.1 Å². The van der Waals surface area contributed by atoms with E-state index in [-0.39, 0.29) is 31.7 Å². The number of fused-ring (bicyclic) bond motifs is 1. The predicted octanol–water partition coefficient (Wildman–Crippen LogP) is 2.45. The summed E-state index contributed by atoms with van der Waals surface area (Å²) in [6, 6.07) is 5.68. The van der Waals surface area contributed by atoms with Gasteiger partial charge in [-0.3, -0.25) is 14.5 Å². The molecule has 2 heterocycles. The molecule has 2 aliphatic heterocycles. The monoisotopic (exact) mass is 455 g/mol. The number of morpholine rings is 1. The molecule has 32 heavy (non-hydrogen) atoms. The van der Waals surface area contributed by atoms with Crippen LogP contribution in [0.25, 0.3) is 0 Å². The molecule has 2 aliphatic rings. The van der Waals surface area contributed by atoms with Gasteiger partial charge in [-0.15, -0.1) is 0 Å². The lowest BCUT2D eigenvalue weighted by Gasteiger charge is -2.28. The van der Waals surface area contributed by atoms with Crippen LogP contribution in [0.15, 0.2) is 18.2 Å². The molecular formula is C23H32F3N3O3. The molecule has 0 atom stereocenters. The van der Waals surface area contributed by atoms with E-state index in [1.165, 1.54) is 5.56 Å². The van der Waals surface area contributed by atoms with Crippen LogP contribution in [0.4, 0.5) is 13.2 Å². The van der Waals surface area contributed by atoms with Gasteiger partial charge in [0.1, 0.15) is 0 Å². The smallest absolute Gasteiger partial charge is 0.379 e. The van der Waals surface area contributed by atoms with Crippen LogP contribution in [-0.4, -0.2) is 86.7 Å². The van der Waals surface area contributed by atoms with E-state index >= 15 is 0 Å². The highest BCUT2D eigenvalue weighted by Gasteiger charge is 2.42. The minimum Gasteiger partial charge on any atom is -0.379 e. The maximum absolute atomic E-state index is 13.0. The molecule has 1 fully saturated rings. The molecule has 6 nitrogen and oxygen atoms in total. The van der Waals surface area contributed by atoms with Crippen molar-refractivity contribution >= 4 is 11.7 Å². The zero-order valence-electron chi connectivity index (χ0n) is 18.4. The summed E-state index contributed by atoms with van der Waals surface area (Å²) in [5.74, 6) is -1.93. The summed E-state index contributed by atoms with van der Waals surface area (Å²) in [5, 5.41) is 3.33. The number of nitrogens with one attached hydrogen (secondary N) is 1. The quantitative estimate of drug-likeness (QED) is 0.580. The molecular weight excluding hydrogens is 423 g/mol. The van der Waals surface area contributed by atoms with E-state index < -0.39 is 12.1 Å². The Balaban J connectivity index is 1.51. The number of ketones is 1. The number of amides is 1. The van der Waals surface area contributed by atoms with Gasteiger partial charge in [0.05, 0.1) is 13.2 Å². The number of rotatable bonds is 9. The van der Waals surface area contributed by atoms with Gasteiger partial charge in [0, 0.05) is 44.7 Å². The number of benzene rings is 1. The molecule has 1 saturated heterocycles. The molecule has 1 aromatic carbocycles. The van der Waals surface area contributed by atoms with Crippen LogP contribution in [0.2, 0.25) is 0 Å². The number of halogens is 3. The van der Waals surface area contributed by atoms with Crippen molar-refractivity contribution in [3.05, 3.63) is 34.9 Å². The van der Waals surface area contributed by atoms with Crippen LogP contribution in [0.1, 0.15) is 40.7 Å². The van der Waals surface area contributed by atoms with Crippen molar-refractivity contribution in [3.63, 3.8) is 0 Å². The predicted molar refractivity (Wildman–Crippen MR) is 115 cm³/mol. The first-order valence-electron chi connectivity index (χ1n) is 11.4. The average molecular weight is 456 g/mol. The lowest BCUT2D eigenvalue weighted by atomic mass is 9.97. The highest BCUT2D eigenvalue weighted by molar-refractivity contribution is 5.96. The summed E-state index contributed by atoms with van der Waals surface area (Å²) in [7, 11) is 0. The van der Waals surface area contributed by atoms with E-state index in [1.54, 1.807) is 6.07 Å². The molecule has 1 N–H and O–H groups in total. The van der Waals surface area contributed by atoms with E-state index in [0.29, 0.717) is 31.7 Å². The Bertz CT molecular complexity index is 779. The molecule has 0 saturated carbocycles. The van der Waals surface area contributed by atoms with Gasteiger partial charge in [-0.2, -0.15) is 13.2 Å². The molecule has 0 radical (unpaired) electrons. The van der Waals surface area contributed by atoms with Crippen LogP contribution in [0.3, 0.4) is 0 Å². The first-order valence-corrected chi connectivity index (χ1v) is 11.4. The molecule has 178 valence electrons. The molecule has 0 bridgehead atoms. The Kier molecular flexibility index (Phi) is 9.07. The Morgan fingerprint density at radius 2 is 1.72 bits per heavy atom. The lowest BCUT2D eigenvalue weighted by Crippen LogP contribution is -2.43. The highest BCUT2D eigenvalue weighted by Crippen LogP contribution is 2.20. The Morgan fingerprint density at radius 3 is 2.44 bits per heavy atom. The maximum atomic E-state index is 13.0. The number of alkyl halides is 3. The Labute approximate surface area is 187 Å². The number of nitrogens with zero attached hydrogens (tertiary/aromatic N) is 2. The number of ether oxygens (including phenoxy) is 1. The molecule has 1 aromatic rings. The standard InChI is InChI=1S/C23H32F3N3O3/c24-23(25,26)22(31)29(12-2-10-28-13-15-32-16-14-28)11-1-3-21(30)20-5-4-18-6-8-27-9-7-19(18)17-20/h4-5,17,27H,1-3,6-16H2. The lowest BCUT2D eigenvalue weighted by molar-refractivity contribution is -0.185. The van der Waals surface area contributed by atoms with Gasteiger partial charge < -0.3 is 15.0 Å². The fraction of sp³-hybridized carbons (Fsp3) is 0.652. The largest absolute Gasteiger partial charge is 0.471 e. The highest BCUT2D eigenvalue weighted by atomic mass is 19.4. The van der Waals surface area contributed by atoms with Gasteiger partial charge in [0.25, 0.3) is 0 Å². The summed E-state index contributed by atoms with van der Waals surface area (Å²) >= 11 is 0. The third-order valence-corrected chi connectivity index (χ3v) is 6.04. The molecule has 1 amide bonds. The summed E-state index contributed by atoms with van der Waals surface area (Å²) in [5.41, 5.74) is 2.97. The third-order valence-electron chi connectivity index (χ3n) is 6.04. The van der Waals surface area contributed by atoms with Crippen LogP contribution >= 0.6 is 0 Å². The van der Waals surface area contributed by atoms with Gasteiger partial charge >= 0.3 is 12.1 Å². The van der Waals surface area contributed by atoms with E-state index in [2.05, 4.69) is 10.2 Å². The van der Waals surface area contributed by atoms with E-state index in [0.717, 1.165) is 49.5 Å². The third kappa shape index (κ3) is 7.28. The number of carbonyl (C=O) groups excluding carboxylic acids is 2. The average Bonchev–Trinajstić information content (AvgIpc) is 3.02. The number of hydrogen-bond donors (Lipinski definition) is 1. The van der Waals surface area contributed by atoms with Crippen molar-refractivity contribution in [1.82, 2.24) is 15.1 Å². The summed E-state index contributed by atoms with van der Waals surface area (Å²) in [4.78, 5) is 27.5. The Morgan fingerprint density at radius 1 is 1.03 bits per heavy atom. The molecule has 0 aromatic heterocycles. The van der Waals surface area contributed by atoms with Crippen LogP contribution in [0, 0.1) is 0 Å². The van der Waals surface area contributed by atoms with Crippen LogP contribution < -0.4 is 5.32 Å². The zero-order chi connectivity index (χ0) is 23.0. The summed E-state index contributed by atoms with van der Waals surface area (Å²) in [6.45, 7) is 5.07. The second-order valence-electron chi connectivity index (χ2n) is 8.36. The Hall–Kier alpha value is -1.97. The van der Waals surface area contributed by atoms with Crippen molar-refractivity contribution in [3.8, 4) is 0 Å². The van der Waals surface area contributed by atoms with Crippen molar-refractivity contribution in [2.75, 3.05) is 59.0 Å². The van der Waals surface area contributed by atoms with Gasteiger partial charge in [-0.05, 0) is 56.0 Å². The van der Waals surface area contributed by atoms with Gasteiger partial charge in [-0.25, -0.2) is 0 Å². The van der Waals surface area contributed by atoms with E-state index in [9.17, 15) is 22.8 Å². The summed E-state index contributed by atoms with van der Waals surface area (Å²) in [6.07, 6.45) is -2.36. The van der Waals surface area contributed by atoms with Crippen molar-refractivity contribution < 1.29 is 27.5 Å². The molecule has 9 heteroatoms. The minimum atomic E-state index is -4.91. The van der Waals surface area contributed by atoms with E-state index in [1.807, 2.05) is 12.1 Å². The second kappa shape index (κ2) is 11.8. The minimum absolute atomic E-state index is 0.0235. The fourth-order valence-electron chi connectivity index (χ4n) is 4.23. The normalized spacial score (nSPS) is 17.5. The summed E-state index contributed by atoms with van der Waals surface area (Å²) < 4.78 is 44.4. The SMILES string of the molecule is O=C(CCCN(CCCN1CCOCC1)C(=O)C(F)(F)F)c1ccc2c(c1)CCNCC2. The maximum Gasteiger partial charge on any atom is 0.471 e. The van der Waals surface area contributed by atoms with Crippen molar-refractivity contribution in [2.24, 2.45) is 0 Å². The molecule has 3 rings (SSSR count). The molecule has 0 spiro atoms. The van der Waals surface area contributed by atoms with Gasteiger partial charge in [0.15, 0.2) is 5.78 Å². The number of carbonyl (C=O) groups is 2. The van der Waals surface area contributed by atoms with Crippen LogP contribution in [0.5, 0.6) is 0 Å². The first kappa shape index (κ1) is 24.7. The second-order valence-corrected chi connectivity index (χ2v) is 8.36. The number of hydrogen-bond acceptors (Lipinski definition) is 5. The fourth-order valence-corrected chi connectivity index (χ4v) is 4.23. The van der Waals surface area contributed by atoms with Crippen molar-refractivity contribution in [1.29, 1.82) is 0 Å². The van der Waals surface area contributed by atoms with Crippen LogP contribution in [-0.2, 0) is 22.4 Å². The van der Waals surface area contributed by atoms with Gasteiger partial charge in [0.2, 0.25) is 0 Å².